The number of nitrogens with one attached hydrogen (secondary N) is 1. The van der Waals surface area contributed by atoms with Gasteiger partial charge in [0.2, 0.25) is 0 Å². The highest BCUT2D eigenvalue weighted by molar-refractivity contribution is 5.48. The zero-order valence-electron chi connectivity index (χ0n) is 9.63. The van der Waals surface area contributed by atoms with Gasteiger partial charge in [-0.3, -0.25) is 0 Å². The second-order valence-electron chi connectivity index (χ2n) is 3.51. The van der Waals surface area contributed by atoms with E-state index in [1.54, 1.807) is 7.11 Å². The maximum Gasteiger partial charge on any atom is 0.161 e. The number of hydrogen-bond donors (Lipinski definition) is 2. The minimum atomic E-state index is 0.268. The van der Waals surface area contributed by atoms with Crippen molar-refractivity contribution in [2.45, 2.75) is 19.8 Å². The van der Waals surface area contributed by atoms with Crippen molar-refractivity contribution in [2.75, 3.05) is 20.7 Å². The third-order valence-corrected chi connectivity index (χ3v) is 2.49. The molecule has 0 aromatic heterocycles. The van der Waals surface area contributed by atoms with Crippen molar-refractivity contribution in [1.29, 1.82) is 0 Å². The minimum Gasteiger partial charge on any atom is -0.504 e. The molecule has 3 nitrogen and oxygen atoms in total. The van der Waals surface area contributed by atoms with Crippen LogP contribution in [0.2, 0.25) is 0 Å². The average Bonchev–Trinajstić information content (AvgIpc) is 2.27. The summed E-state index contributed by atoms with van der Waals surface area (Å²) < 4.78 is 5.14. The van der Waals surface area contributed by atoms with Crippen molar-refractivity contribution in [2.24, 2.45) is 0 Å². The van der Waals surface area contributed by atoms with Gasteiger partial charge in [0.15, 0.2) is 11.5 Å². The molecule has 3 heteroatoms. The molecule has 1 rings (SSSR count). The molecular formula is C12H19NO2. The van der Waals surface area contributed by atoms with Gasteiger partial charge in [0.05, 0.1) is 7.11 Å². The molecule has 0 bridgehead atoms. The van der Waals surface area contributed by atoms with Crippen molar-refractivity contribution < 1.29 is 9.84 Å². The Bertz CT molecular complexity index is 324. The lowest BCUT2D eigenvalue weighted by Gasteiger charge is -2.11. The van der Waals surface area contributed by atoms with E-state index in [9.17, 15) is 5.11 Å². The van der Waals surface area contributed by atoms with Crippen LogP contribution in [0.4, 0.5) is 0 Å². The summed E-state index contributed by atoms with van der Waals surface area (Å²) in [6.07, 6.45) is 1.76. The van der Waals surface area contributed by atoms with Gasteiger partial charge in [0.25, 0.3) is 0 Å². The van der Waals surface area contributed by atoms with Crippen molar-refractivity contribution >= 4 is 0 Å². The summed E-state index contributed by atoms with van der Waals surface area (Å²) in [7, 11) is 3.48. The molecule has 0 unspecified atom stereocenters. The van der Waals surface area contributed by atoms with E-state index in [1.165, 1.54) is 5.56 Å². The first-order chi connectivity index (χ1) is 7.22. The fourth-order valence-electron chi connectivity index (χ4n) is 1.54. The second-order valence-corrected chi connectivity index (χ2v) is 3.51. The zero-order chi connectivity index (χ0) is 11.3. The van der Waals surface area contributed by atoms with Crippen molar-refractivity contribution in [3.8, 4) is 11.5 Å². The van der Waals surface area contributed by atoms with Crippen molar-refractivity contribution in [3.63, 3.8) is 0 Å². The molecule has 0 saturated carbocycles. The summed E-state index contributed by atoms with van der Waals surface area (Å²) in [4.78, 5) is 0. The van der Waals surface area contributed by atoms with Crippen LogP contribution in [0.25, 0.3) is 0 Å². The molecule has 0 aliphatic rings. The number of aromatic hydroxyl groups is 1. The lowest BCUT2D eigenvalue weighted by atomic mass is 10.0. The Labute approximate surface area is 91.1 Å². The largest absolute Gasteiger partial charge is 0.504 e. The third-order valence-electron chi connectivity index (χ3n) is 2.49. The van der Waals surface area contributed by atoms with Crippen LogP contribution in [-0.2, 0) is 12.8 Å². The standard InChI is InChI=1S/C12H19NO2/c1-4-9-7-10(5-6-13-2)12(14)11(8-9)15-3/h7-8,13-14H,4-6H2,1-3H3. The Kier molecular flexibility index (Phi) is 4.43. The topological polar surface area (TPSA) is 41.5 Å². The first-order valence-electron chi connectivity index (χ1n) is 5.26. The van der Waals surface area contributed by atoms with Gasteiger partial charge in [-0.2, -0.15) is 0 Å². The van der Waals surface area contributed by atoms with Crippen LogP contribution < -0.4 is 10.1 Å². The van der Waals surface area contributed by atoms with Crippen LogP contribution in [0, 0.1) is 0 Å². The quantitative estimate of drug-likeness (QED) is 0.776. The van der Waals surface area contributed by atoms with E-state index in [2.05, 4.69) is 12.2 Å². The number of hydrogen-bond acceptors (Lipinski definition) is 3. The van der Waals surface area contributed by atoms with Crippen LogP contribution in [0.15, 0.2) is 12.1 Å². The highest BCUT2D eigenvalue weighted by Crippen LogP contribution is 2.31. The molecule has 0 heterocycles. The maximum absolute atomic E-state index is 9.88. The molecule has 1 aromatic rings. The van der Waals surface area contributed by atoms with Gasteiger partial charge in [0, 0.05) is 0 Å². The van der Waals surface area contributed by atoms with Crippen LogP contribution in [0.5, 0.6) is 11.5 Å². The van der Waals surface area contributed by atoms with E-state index in [0.29, 0.717) is 5.75 Å². The Morgan fingerprint density at radius 2 is 2.13 bits per heavy atom. The van der Waals surface area contributed by atoms with Crippen LogP contribution in [-0.4, -0.2) is 25.8 Å². The Hall–Kier alpha value is -1.22. The Morgan fingerprint density at radius 1 is 1.40 bits per heavy atom. The maximum atomic E-state index is 9.88. The van der Waals surface area contributed by atoms with Crippen LogP contribution in [0.3, 0.4) is 0 Å². The summed E-state index contributed by atoms with van der Waals surface area (Å²) in [6, 6.07) is 3.92. The molecule has 0 atom stereocenters. The Morgan fingerprint density at radius 3 is 2.67 bits per heavy atom. The third kappa shape index (κ3) is 2.86. The second kappa shape index (κ2) is 5.61. The Balaban J connectivity index is 3.01. The van der Waals surface area contributed by atoms with E-state index >= 15 is 0 Å². The van der Waals surface area contributed by atoms with E-state index < -0.39 is 0 Å². The summed E-state index contributed by atoms with van der Waals surface area (Å²) in [6.45, 7) is 2.94. The number of phenolic OH excluding ortho intramolecular Hbond substituents is 1. The van der Waals surface area contributed by atoms with Gasteiger partial charge >= 0.3 is 0 Å². The molecule has 0 aliphatic carbocycles. The predicted molar refractivity (Wildman–Crippen MR) is 61.7 cm³/mol. The lowest BCUT2D eigenvalue weighted by molar-refractivity contribution is 0.370. The molecule has 0 aliphatic heterocycles. The highest BCUT2D eigenvalue weighted by atomic mass is 16.5. The molecule has 0 saturated heterocycles. The van der Waals surface area contributed by atoms with E-state index in [4.69, 9.17) is 4.74 Å². The molecule has 15 heavy (non-hydrogen) atoms. The number of phenols is 1. The SMILES string of the molecule is CCc1cc(CCNC)c(O)c(OC)c1. The van der Waals surface area contributed by atoms with Crippen LogP contribution in [0.1, 0.15) is 18.1 Å². The van der Waals surface area contributed by atoms with E-state index in [1.807, 2.05) is 19.2 Å². The van der Waals surface area contributed by atoms with E-state index in [0.717, 1.165) is 24.9 Å². The number of methoxy groups -OCH3 is 1. The summed E-state index contributed by atoms with van der Waals surface area (Å²) in [5.74, 6) is 0.838. The molecule has 0 amide bonds. The van der Waals surface area contributed by atoms with E-state index in [-0.39, 0.29) is 5.75 Å². The minimum absolute atomic E-state index is 0.268. The first kappa shape index (κ1) is 11.9. The zero-order valence-corrected chi connectivity index (χ0v) is 9.63. The molecular weight excluding hydrogens is 190 g/mol. The van der Waals surface area contributed by atoms with Crippen LogP contribution >= 0.6 is 0 Å². The lowest BCUT2D eigenvalue weighted by Crippen LogP contribution is -2.10. The van der Waals surface area contributed by atoms with Gasteiger partial charge in [0.1, 0.15) is 0 Å². The fraction of sp³-hybridized carbons (Fsp3) is 0.500. The normalized spacial score (nSPS) is 10.3. The number of aryl methyl sites for hydroxylation is 1. The number of benzene rings is 1. The smallest absolute Gasteiger partial charge is 0.161 e. The first-order valence-corrected chi connectivity index (χ1v) is 5.26. The fourth-order valence-corrected chi connectivity index (χ4v) is 1.54. The number of rotatable bonds is 5. The number of ether oxygens (including phenoxy) is 1. The van der Waals surface area contributed by atoms with Gasteiger partial charge in [-0.05, 0) is 43.6 Å². The van der Waals surface area contributed by atoms with Gasteiger partial charge in [-0.25, -0.2) is 0 Å². The molecule has 84 valence electrons. The monoisotopic (exact) mass is 209 g/mol. The van der Waals surface area contributed by atoms with Gasteiger partial charge in [-0.1, -0.05) is 13.0 Å². The molecule has 1 aromatic carbocycles. The summed E-state index contributed by atoms with van der Waals surface area (Å²) in [5.41, 5.74) is 2.14. The van der Waals surface area contributed by atoms with Crippen molar-refractivity contribution in [1.82, 2.24) is 5.32 Å². The molecule has 2 N–H and O–H groups in total. The number of likely N-dealkylation sites (N-methyl/N-ethyl adjacent to an activating group) is 1. The molecule has 0 spiro atoms. The predicted octanol–water partition coefficient (Wildman–Crippen LogP) is 1.73. The molecule has 0 radical (unpaired) electrons. The van der Waals surface area contributed by atoms with Gasteiger partial charge < -0.3 is 15.2 Å². The molecule has 0 fully saturated rings. The summed E-state index contributed by atoms with van der Waals surface area (Å²) in [5, 5.41) is 12.9. The summed E-state index contributed by atoms with van der Waals surface area (Å²) >= 11 is 0. The van der Waals surface area contributed by atoms with Gasteiger partial charge in [-0.15, -0.1) is 0 Å². The highest BCUT2D eigenvalue weighted by Gasteiger charge is 2.09. The average molecular weight is 209 g/mol. The van der Waals surface area contributed by atoms with Crippen molar-refractivity contribution in [3.05, 3.63) is 23.3 Å².